The van der Waals surface area contributed by atoms with Gasteiger partial charge in [0.1, 0.15) is 18.1 Å². The van der Waals surface area contributed by atoms with Crippen LogP contribution in [0.2, 0.25) is 0 Å². The summed E-state index contributed by atoms with van der Waals surface area (Å²) in [6, 6.07) is -4.40. The number of carbonyl (C=O) groups excluding carboxylic acids is 4. The monoisotopic (exact) mass is 465 g/mol. The summed E-state index contributed by atoms with van der Waals surface area (Å²) in [4.78, 5) is 59.3. The van der Waals surface area contributed by atoms with Gasteiger partial charge in [-0.15, -0.1) is 0 Å². The number of primary amides is 1. The lowest BCUT2D eigenvalue weighted by atomic mass is 9.97. The summed E-state index contributed by atoms with van der Waals surface area (Å²) in [7, 11) is 0. The van der Waals surface area contributed by atoms with Gasteiger partial charge in [-0.1, -0.05) is 20.3 Å². The molecule has 11 nitrogen and oxygen atoms in total. The lowest BCUT2D eigenvalue weighted by molar-refractivity contribution is -0.142. The molecule has 0 saturated carbocycles. The van der Waals surface area contributed by atoms with Crippen LogP contribution in [0.25, 0.3) is 0 Å². The molecule has 0 bridgehead atoms. The van der Waals surface area contributed by atoms with Crippen LogP contribution in [0, 0.1) is 5.92 Å². The molecule has 5 atom stereocenters. The number of hydrogen-bond donors (Lipinski definition) is 8. The number of rotatable bonds is 14. The maximum atomic E-state index is 12.6. The summed E-state index contributed by atoms with van der Waals surface area (Å²) in [5.41, 5.74) is 10.7. The first-order chi connectivity index (χ1) is 14.0. The fraction of sp³-hybridized carbons (Fsp3) is 0.706. The molecule has 5 unspecified atom stereocenters. The minimum Gasteiger partial charge on any atom is -0.480 e. The third-order valence-corrected chi connectivity index (χ3v) is 5.17. The second-order valence-electron chi connectivity index (χ2n) is 6.81. The van der Waals surface area contributed by atoms with Crippen LogP contribution in [-0.2, 0) is 24.0 Å². The number of nitrogens with two attached hydrogens (primary N) is 2. The fourth-order valence-corrected chi connectivity index (χ4v) is 2.81. The Morgan fingerprint density at radius 1 is 0.933 bits per heavy atom. The zero-order valence-electron chi connectivity index (χ0n) is 17.0. The van der Waals surface area contributed by atoms with Gasteiger partial charge in [-0.25, -0.2) is 4.79 Å². The van der Waals surface area contributed by atoms with E-state index in [1.54, 1.807) is 13.8 Å². The van der Waals surface area contributed by atoms with E-state index in [0.29, 0.717) is 6.42 Å². The van der Waals surface area contributed by atoms with Crippen LogP contribution >= 0.6 is 25.3 Å². The first-order valence-electron chi connectivity index (χ1n) is 9.37. The minimum absolute atomic E-state index is 0.0142. The number of carboxylic acids is 1. The van der Waals surface area contributed by atoms with Crippen molar-refractivity contribution in [2.45, 2.75) is 57.3 Å². The van der Waals surface area contributed by atoms with Crippen molar-refractivity contribution >= 4 is 54.9 Å². The molecule has 0 aromatic heterocycles. The zero-order valence-corrected chi connectivity index (χ0v) is 18.7. The molecular formula is C17H31N5O6S2. The maximum Gasteiger partial charge on any atom is 0.327 e. The Kier molecular flexibility index (Phi) is 13.2. The van der Waals surface area contributed by atoms with Crippen LogP contribution in [0.15, 0.2) is 0 Å². The molecule has 0 aliphatic rings. The highest BCUT2D eigenvalue weighted by molar-refractivity contribution is 7.80. The van der Waals surface area contributed by atoms with E-state index in [4.69, 9.17) is 16.6 Å². The smallest absolute Gasteiger partial charge is 0.327 e. The summed E-state index contributed by atoms with van der Waals surface area (Å²) in [6.45, 7) is 3.52. The number of carboxylic acid groups (broad SMARTS) is 1. The Bertz CT molecular complexity index is 636. The molecule has 0 rings (SSSR count). The average molecular weight is 466 g/mol. The van der Waals surface area contributed by atoms with E-state index < -0.39 is 53.8 Å². The molecule has 13 heteroatoms. The molecule has 0 aromatic rings. The van der Waals surface area contributed by atoms with Gasteiger partial charge in [-0.3, -0.25) is 19.2 Å². The van der Waals surface area contributed by atoms with Crippen LogP contribution in [-0.4, -0.2) is 70.4 Å². The molecule has 172 valence electrons. The molecule has 0 aliphatic carbocycles. The highest BCUT2D eigenvalue weighted by atomic mass is 32.1. The van der Waals surface area contributed by atoms with Crippen LogP contribution in [0.3, 0.4) is 0 Å². The van der Waals surface area contributed by atoms with Crippen molar-refractivity contribution in [2.24, 2.45) is 17.4 Å². The van der Waals surface area contributed by atoms with Gasteiger partial charge in [0.05, 0.1) is 6.04 Å². The van der Waals surface area contributed by atoms with E-state index in [1.807, 2.05) is 0 Å². The zero-order chi connectivity index (χ0) is 23.4. The number of nitrogens with one attached hydrogen (secondary N) is 3. The molecule has 0 fully saturated rings. The Morgan fingerprint density at radius 2 is 1.47 bits per heavy atom. The molecule has 0 heterocycles. The Hall–Kier alpha value is -1.99. The Labute approximate surface area is 186 Å². The van der Waals surface area contributed by atoms with Crippen molar-refractivity contribution in [1.82, 2.24) is 16.0 Å². The number of thiol groups is 2. The van der Waals surface area contributed by atoms with Crippen LogP contribution in [0.1, 0.15) is 33.1 Å². The molecule has 0 radical (unpaired) electrons. The largest absolute Gasteiger partial charge is 0.480 e. The van der Waals surface area contributed by atoms with Crippen LogP contribution in [0.5, 0.6) is 0 Å². The summed E-state index contributed by atoms with van der Waals surface area (Å²) >= 11 is 7.95. The van der Waals surface area contributed by atoms with E-state index in [9.17, 15) is 24.0 Å². The van der Waals surface area contributed by atoms with Crippen molar-refractivity contribution in [1.29, 1.82) is 0 Å². The number of hydrogen-bond acceptors (Lipinski definition) is 8. The predicted molar refractivity (Wildman–Crippen MR) is 117 cm³/mol. The highest BCUT2D eigenvalue weighted by Gasteiger charge is 2.32. The standard InChI is InChI=1S/C17H31N5O6S2/c1-3-8(2)13(16(26)21-11(7-30)17(27)28)22-15(25)10(6-29)20-14(24)9(18)4-5-12(19)23/h8-11,13,29-30H,3-7,18H2,1-2H3,(H2,19,23)(H,20,24)(H,21,26)(H,22,25)(H,27,28). The normalized spacial score (nSPS) is 15.8. The van der Waals surface area contributed by atoms with E-state index >= 15 is 0 Å². The SMILES string of the molecule is CCC(C)C(NC(=O)C(CS)NC(=O)C(N)CCC(N)=O)C(=O)NC(CS)C(=O)O. The van der Waals surface area contributed by atoms with Crippen LogP contribution in [0.4, 0.5) is 0 Å². The van der Waals surface area contributed by atoms with Gasteiger partial charge in [-0.05, 0) is 12.3 Å². The molecule has 0 saturated heterocycles. The summed E-state index contributed by atoms with van der Waals surface area (Å²) in [5, 5.41) is 16.4. The van der Waals surface area contributed by atoms with E-state index in [0.717, 1.165) is 0 Å². The van der Waals surface area contributed by atoms with Gasteiger partial charge < -0.3 is 32.5 Å². The van der Waals surface area contributed by atoms with Gasteiger partial charge in [-0.2, -0.15) is 25.3 Å². The minimum atomic E-state index is -1.25. The molecule has 30 heavy (non-hydrogen) atoms. The quantitative estimate of drug-likeness (QED) is 0.136. The lowest BCUT2D eigenvalue weighted by Crippen LogP contribution is -2.59. The highest BCUT2D eigenvalue weighted by Crippen LogP contribution is 2.09. The molecule has 4 amide bonds. The number of amides is 4. The van der Waals surface area contributed by atoms with Gasteiger partial charge in [0, 0.05) is 17.9 Å². The topological polar surface area (TPSA) is 194 Å². The van der Waals surface area contributed by atoms with Crippen molar-refractivity contribution in [3.8, 4) is 0 Å². The third kappa shape index (κ3) is 9.67. The third-order valence-electron chi connectivity index (χ3n) is 4.44. The Morgan fingerprint density at radius 3 is 1.90 bits per heavy atom. The van der Waals surface area contributed by atoms with E-state index in [1.165, 1.54) is 0 Å². The van der Waals surface area contributed by atoms with Gasteiger partial charge in [0.2, 0.25) is 23.6 Å². The first-order valence-corrected chi connectivity index (χ1v) is 10.6. The molecule has 0 aromatic carbocycles. The van der Waals surface area contributed by atoms with Crippen molar-refractivity contribution in [2.75, 3.05) is 11.5 Å². The van der Waals surface area contributed by atoms with Gasteiger partial charge in [0.25, 0.3) is 0 Å². The fourth-order valence-electron chi connectivity index (χ4n) is 2.30. The van der Waals surface area contributed by atoms with Crippen molar-refractivity contribution in [3.05, 3.63) is 0 Å². The molecule has 0 spiro atoms. The predicted octanol–water partition coefficient (Wildman–Crippen LogP) is -1.98. The molecule has 0 aliphatic heterocycles. The van der Waals surface area contributed by atoms with Crippen molar-refractivity contribution in [3.63, 3.8) is 0 Å². The van der Waals surface area contributed by atoms with Crippen LogP contribution < -0.4 is 27.4 Å². The first kappa shape index (κ1) is 28.0. The second-order valence-corrected chi connectivity index (χ2v) is 7.54. The maximum absolute atomic E-state index is 12.6. The summed E-state index contributed by atoms with van der Waals surface area (Å²) in [5.74, 6) is -4.42. The second kappa shape index (κ2) is 14.1. The summed E-state index contributed by atoms with van der Waals surface area (Å²) in [6.07, 6.45) is 0.450. The Balaban J connectivity index is 5.17. The van der Waals surface area contributed by atoms with E-state index in [-0.39, 0.29) is 30.3 Å². The summed E-state index contributed by atoms with van der Waals surface area (Å²) < 4.78 is 0. The average Bonchev–Trinajstić information content (AvgIpc) is 2.70. The number of aliphatic carboxylic acids is 1. The van der Waals surface area contributed by atoms with Gasteiger partial charge in [0.15, 0.2) is 0 Å². The van der Waals surface area contributed by atoms with E-state index in [2.05, 4.69) is 41.2 Å². The van der Waals surface area contributed by atoms with Gasteiger partial charge >= 0.3 is 5.97 Å². The molecular weight excluding hydrogens is 434 g/mol. The number of carbonyl (C=O) groups is 5. The molecule has 8 N–H and O–H groups in total. The lowest BCUT2D eigenvalue weighted by Gasteiger charge is -2.27. The van der Waals surface area contributed by atoms with Crippen molar-refractivity contribution < 1.29 is 29.1 Å².